The molecule has 0 saturated heterocycles. The number of halogens is 3. The molecule has 1 heterocycles. The maximum atomic E-state index is 13.2. The summed E-state index contributed by atoms with van der Waals surface area (Å²) in [6.07, 6.45) is 1.61. The van der Waals surface area contributed by atoms with Gasteiger partial charge in [-0.1, -0.05) is 6.07 Å². The fourth-order valence-electron chi connectivity index (χ4n) is 1.77. The molecular formula is C11H11BrF2N4. The van der Waals surface area contributed by atoms with Crippen molar-refractivity contribution in [1.29, 1.82) is 0 Å². The van der Waals surface area contributed by atoms with E-state index in [4.69, 9.17) is 5.84 Å². The first-order valence-electron chi connectivity index (χ1n) is 5.13. The Morgan fingerprint density at radius 1 is 1.39 bits per heavy atom. The lowest BCUT2D eigenvalue weighted by atomic mass is 10.0. The third-order valence-electron chi connectivity index (χ3n) is 2.65. The highest BCUT2D eigenvalue weighted by atomic mass is 79.9. The van der Waals surface area contributed by atoms with Gasteiger partial charge in [-0.15, -0.1) is 0 Å². The van der Waals surface area contributed by atoms with Crippen LogP contribution in [0.2, 0.25) is 0 Å². The minimum Gasteiger partial charge on any atom is -0.271 e. The number of aromatic nitrogens is 2. The molecule has 96 valence electrons. The van der Waals surface area contributed by atoms with Crippen LogP contribution in [0, 0.1) is 11.6 Å². The Kier molecular flexibility index (Phi) is 3.74. The fraction of sp³-hybridized carbons (Fsp3) is 0.182. The summed E-state index contributed by atoms with van der Waals surface area (Å²) in [6.45, 7) is 0. The zero-order chi connectivity index (χ0) is 13.3. The molecule has 0 aliphatic heterocycles. The van der Waals surface area contributed by atoms with Gasteiger partial charge in [0.15, 0.2) is 11.6 Å². The van der Waals surface area contributed by atoms with E-state index in [9.17, 15) is 8.78 Å². The van der Waals surface area contributed by atoms with Gasteiger partial charge >= 0.3 is 0 Å². The number of hydrogen-bond donors (Lipinski definition) is 2. The first-order chi connectivity index (χ1) is 8.54. The van der Waals surface area contributed by atoms with Crippen molar-refractivity contribution in [2.45, 2.75) is 6.04 Å². The zero-order valence-corrected chi connectivity index (χ0v) is 11.1. The first kappa shape index (κ1) is 13.1. The molecule has 0 bridgehead atoms. The largest absolute Gasteiger partial charge is 0.271 e. The van der Waals surface area contributed by atoms with E-state index < -0.39 is 17.7 Å². The molecule has 0 aliphatic carbocycles. The second-order valence-electron chi connectivity index (χ2n) is 3.77. The average Bonchev–Trinajstić information content (AvgIpc) is 2.66. The Morgan fingerprint density at radius 3 is 2.61 bits per heavy atom. The first-order valence-corrected chi connectivity index (χ1v) is 5.92. The highest BCUT2D eigenvalue weighted by molar-refractivity contribution is 9.10. The van der Waals surface area contributed by atoms with Gasteiger partial charge in [-0.05, 0) is 33.6 Å². The topological polar surface area (TPSA) is 55.9 Å². The van der Waals surface area contributed by atoms with E-state index in [0.29, 0.717) is 5.56 Å². The number of nitrogens with two attached hydrogens (primary N) is 1. The van der Waals surface area contributed by atoms with Crippen molar-refractivity contribution in [3.05, 3.63) is 51.8 Å². The van der Waals surface area contributed by atoms with Crippen molar-refractivity contribution < 1.29 is 8.78 Å². The molecule has 1 atom stereocenters. The van der Waals surface area contributed by atoms with Crippen LogP contribution in [0.1, 0.15) is 17.3 Å². The SMILES string of the molecule is Cn1ncc(Br)c1C(NN)c1ccc(F)c(F)c1. The van der Waals surface area contributed by atoms with Crippen LogP contribution in [0.25, 0.3) is 0 Å². The van der Waals surface area contributed by atoms with Gasteiger partial charge in [-0.2, -0.15) is 5.10 Å². The van der Waals surface area contributed by atoms with Gasteiger partial charge in [0, 0.05) is 7.05 Å². The summed E-state index contributed by atoms with van der Waals surface area (Å²) in [5.74, 6) is 3.69. The van der Waals surface area contributed by atoms with Crippen LogP contribution in [0.5, 0.6) is 0 Å². The smallest absolute Gasteiger partial charge is 0.159 e. The Hall–Kier alpha value is -1.31. The Morgan fingerprint density at radius 2 is 2.11 bits per heavy atom. The van der Waals surface area contributed by atoms with Crippen molar-refractivity contribution in [2.75, 3.05) is 0 Å². The van der Waals surface area contributed by atoms with Crippen molar-refractivity contribution >= 4 is 15.9 Å². The van der Waals surface area contributed by atoms with Gasteiger partial charge in [0.25, 0.3) is 0 Å². The van der Waals surface area contributed by atoms with Gasteiger partial charge in [-0.3, -0.25) is 10.5 Å². The Labute approximate surface area is 111 Å². The summed E-state index contributed by atoms with van der Waals surface area (Å²) in [5.41, 5.74) is 3.81. The van der Waals surface area contributed by atoms with Gasteiger partial charge in [0.05, 0.1) is 22.4 Å². The van der Waals surface area contributed by atoms with E-state index in [2.05, 4.69) is 26.5 Å². The maximum Gasteiger partial charge on any atom is 0.159 e. The molecule has 1 unspecified atom stereocenters. The molecule has 1 aromatic heterocycles. The minimum absolute atomic E-state index is 0.484. The van der Waals surface area contributed by atoms with Gasteiger partial charge in [-0.25, -0.2) is 14.2 Å². The summed E-state index contributed by atoms with van der Waals surface area (Å²) in [4.78, 5) is 0. The van der Waals surface area contributed by atoms with Crippen molar-refractivity contribution in [2.24, 2.45) is 12.9 Å². The number of rotatable bonds is 3. The summed E-state index contributed by atoms with van der Waals surface area (Å²) in [6, 6.07) is 3.17. The van der Waals surface area contributed by atoms with Gasteiger partial charge in [0.1, 0.15) is 0 Å². The number of hydrogen-bond acceptors (Lipinski definition) is 3. The van der Waals surface area contributed by atoms with Crippen LogP contribution in [0.15, 0.2) is 28.9 Å². The molecule has 1 aromatic carbocycles. The van der Waals surface area contributed by atoms with Crippen molar-refractivity contribution in [3.63, 3.8) is 0 Å². The molecule has 3 N–H and O–H groups in total. The lowest BCUT2D eigenvalue weighted by Gasteiger charge is -2.17. The van der Waals surface area contributed by atoms with E-state index in [1.807, 2.05) is 0 Å². The van der Waals surface area contributed by atoms with Crippen LogP contribution in [0.3, 0.4) is 0 Å². The molecule has 7 heteroatoms. The van der Waals surface area contributed by atoms with Crippen LogP contribution in [-0.4, -0.2) is 9.78 Å². The second kappa shape index (κ2) is 5.13. The monoisotopic (exact) mass is 316 g/mol. The number of benzene rings is 1. The third-order valence-corrected chi connectivity index (χ3v) is 3.27. The van der Waals surface area contributed by atoms with Crippen LogP contribution in [0.4, 0.5) is 8.78 Å². The number of hydrazine groups is 1. The molecule has 0 aliphatic rings. The van der Waals surface area contributed by atoms with Crippen LogP contribution < -0.4 is 11.3 Å². The van der Waals surface area contributed by atoms with Gasteiger partial charge < -0.3 is 0 Å². The predicted molar refractivity (Wildman–Crippen MR) is 66.4 cm³/mol. The lowest BCUT2D eigenvalue weighted by Crippen LogP contribution is -2.30. The molecule has 18 heavy (non-hydrogen) atoms. The molecule has 0 radical (unpaired) electrons. The summed E-state index contributed by atoms with van der Waals surface area (Å²) in [5, 5.41) is 4.06. The zero-order valence-electron chi connectivity index (χ0n) is 9.49. The van der Waals surface area contributed by atoms with E-state index in [-0.39, 0.29) is 0 Å². The fourth-order valence-corrected chi connectivity index (χ4v) is 2.35. The second-order valence-corrected chi connectivity index (χ2v) is 4.63. The summed E-state index contributed by atoms with van der Waals surface area (Å²) < 4.78 is 28.5. The highest BCUT2D eigenvalue weighted by Gasteiger charge is 2.20. The van der Waals surface area contributed by atoms with Crippen LogP contribution >= 0.6 is 15.9 Å². The van der Waals surface area contributed by atoms with Crippen LogP contribution in [-0.2, 0) is 7.05 Å². The maximum absolute atomic E-state index is 13.2. The normalized spacial score (nSPS) is 12.7. The molecular weight excluding hydrogens is 306 g/mol. The molecule has 2 aromatic rings. The van der Waals surface area contributed by atoms with E-state index >= 15 is 0 Å². The summed E-state index contributed by atoms with van der Waals surface area (Å²) >= 11 is 3.34. The molecule has 0 saturated carbocycles. The lowest BCUT2D eigenvalue weighted by molar-refractivity contribution is 0.501. The van der Waals surface area contributed by atoms with E-state index in [0.717, 1.165) is 22.3 Å². The standard InChI is InChI=1S/C11H11BrF2N4/c1-18-11(7(12)5-16-18)10(17-15)6-2-3-8(13)9(14)4-6/h2-5,10,17H,15H2,1H3. The highest BCUT2D eigenvalue weighted by Crippen LogP contribution is 2.28. The number of nitrogens with one attached hydrogen (secondary N) is 1. The van der Waals surface area contributed by atoms with Crippen molar-refractivity contribution in [3.8, 4) is 0 Å². The van der Waals surface area contributed by atoms with Gasteiger partial charge in [0.2, 0.25) is 0 Å². The molecule has 0 spiro atoms. The Bertz CT molecular complexity index is 551. The molecule has 4 nitrogen and oxygen atoms in total. The number of nitrogens with zero attached hydrogens (tertiary/aromatic N) is 2. The van der Waals surface area contributed by atoms with E-state index in [1.165, 1.54) is 6.07 Å². The van der Waals surface area contributed by atoms with E-state index in [1.54, 1.807) is 17.9 Å². The third kappa shape index (κ3) is 2.29. The Balaban J connectivity index is 2.48. The predicted octanol–water partition coefficient (Wildman–Crippen LogP) is 2.01. The molecule has 2 rings (SSSR count). The number of aryl methyl sites for hydroxylation is 1. The van der Waals surface area contributed by atoms with Crippen molar-refractivity contribution in [1.82, 2.24) is 15.2 Å². The quantitative estimate of drug-likeness (QED) is 0.673. The minimum atomic E-state index is -0.911. The average molecular weight is 317 g/mol. The summed E-state index contributed by atoms with van der Waals surface area (Å²) in [7, 11) is 1.74. The molecule has 0 amide bonds. The molecule has 0 fully saturated rings.